The normalized spacial score (nSPS) is 10.8. The number of rotatable bonds is 5. The SMILES string of the molecule is CCCCNc1c(-c2ccc(Cl)cc2Cl)c(C)nn1C. The van der Waals surface area contributed by atoms with E-state index >= 15 is 0 Å². The third kappa shape index (κ3) is 3.10. The van der Waals surface area contributed by atoms with E-state index in [1.807, 2.05) is 30.8 Å². The van der Waals surface area contributed by atoms with Gasteiger partial charge in [-0.05, 0) is 25.5 Å². The Kier molecular flexibility index (Phi) is 4.95. The number of halogens is 2. The van der Waals surface area contributed by atoms with Crippen LogP contribution in [0.25, 0.3) is 11.1 Å². The van der Waals surface area contributed by atoms with Crippen molar-refractivity contribution in [2.45, 2.75) is 26.7 Å². The van der Waals surface area contributed by atoms with Gasteiger partial charge in [0.1, 0.15) is 5.82 Å². The first-order valence-electron chi connectivity index (χ1n) is 6.77. The van der Waals surface area contributed by atoms with E-state index < -0.39 is 0 Å². The molecule has 1 aromatic heterocycles. The minimum atomic E-state index is 0.640. The van der Waals surface area contributed by atoms with Crippen LogP contribution in [-0.2, 0) is 7.05 Å². The van der Waals surface area contributed by atoms with Gasteiger partial charge in [0, 0.05) is 29.7 Å². The fourth-order valence-corrected chi connectivity index (χ4v) is 2.76. The Morgan fingerprint density at radius 2 is 2.05 bits per heavy atom. The Hall–Kier alpha value is -1.19. The van der Waals surface area contributed by atoms with E-state index in [9.17, 15) is 0 Å². The summed E-state index contributed by atoms with van der Waals surface area (Å²) in [5.74, 6) is 1.00. The van der Waals surface area contributed by atoms with E-state index in [4.69, 9.17) is 23.2 Å². The van der Waals surface area contributed by atoms with Gasteiger partial charge in [0.05, 0.1) is 10.7 Å². The molecule has 0 saturated carbocycles. The molecule has 0 amide bonds. The molecular formula is C15H19Cl2N3. The lowest BCUT2D eigenvalue weighted by Gasteiger charge is -2.11. The van der Waals surface area contributed by atoms with Gasteiger partial charge in [0.15, 0.2) is 0 Å². The van der Waals surface area contributed by atoms with Gasteiger partial charge in [-0.3, -0.25) is 4.68 Å². The van der Waals surface area contributed by atoms with Crippen molar-refractivity contribution in [3.05, 3.63) is 33.9 Å². The predicted octanol–water partition coefficient (Wildman–Crippen LogP) is 4.91. The largest absolute Gasteiger partial charge is 0.370 e. The van der Waals surface area contributed by atoms with Crippen molar-refractivity contribution in [1.29, 1.82) is 0 Å². The molecule has 0 bridgehead atoms. The second kappa shape index (κ2) is 6.51. The van der Waals surface area contributed by atoms with Gasteiger partial charge >= 0.3 is 0 Å². The molecule has 0 saturated heterocycles. The molecule has 108 valence electrons. The number of unbranched alkanes of at least 4 members (excludes halogenated alkanes) is 1. The molecule has 0 spiro atoms. The average molecular weight is 312 g/mol. The number of nitrogens with zero attached hydrogens (tertiary/aromatic N) is 2. The van der Waals surface area contributed by atoms with Crippen LogP contribution in [0.3, 0.4) is 0 Å². The maximum absolute atomic E-state index is 6.33. The van der Waals surface area contributed by atoms with Crippen molar-refractivity contribution in [2.75, 3.05) is 11.9 Å². The van der Waals surface area contributed by atoms with E-state index in [0.29, 0.717) is 10.0 Å². The van der Waals surface area contributed by atoms with Crippen LogP contribution in [0, 0.1) is 6.92 Å². The second-order valence-electron chi connectivity index (χ2n) is 4.84. The van der Waals surface area contributed by atoms with Gasteiger partial charge in [0.2, 0.25) is 0 Å². The lowest BCUT2D eigenvalue weighted by Crippen LogP contribution is -2.06. The van der Waals surface area contributed by atoms with Crippen molar-refractivity contribution in [2.24, 2.45) is 7.05 Å². The maximum atomic E-state index is 6.33. The highest BCUT2D eigenvalue weighted by Gasteiger charge is 2.17. The molecule has 0 radical (unpaired) electrons. The van der Waals surface area contributed by atoms with Crippen molar-refractivity contribution in [1.82, 2.24) is 9.78 Å². The van der Waals surface area contributed by atoms with Gasteiger partial charge in [0.25, 0.3) is 0 Å². The maximum Gasteiger partial charge on any atom is 0.132 e. The predicted molar refractivity (Wildman–Crippen MR) is 86.8 cm³/mol. The third-order valence-corrected chi connectivity index (χ3v) is 3.79. The molecule has 3 nitrogen and oxygen atoms in total. The molecule has 2 rings (SSSR count). The zero-order valence-corrected chi connectivity index (χ0v) is 13.5. The van der Waals surface area contributed by atoms with Crippen LogP contribution in [0.4, 0.5) is 5.82 Å². The van der Waals surface area contributed by atoms with E-state index in [1.54, 1.807) is 6.07 Å². The van der Waals surface area contributed by atoms with Crippen LogP contribution in [0.15, 0.2) is 18.2 Å². The number of nitrogens with one attached hydrogen (secondary N) is 1. The minimum absolute atomic E-state index is 0.640. The fourth-order valence-electron chi connectivity index (χ4n) is 2.26. The molecule has 5 heteroatoms. The van der Waals surface area contributed by atoms with Crippen LogP contribution < -0.4 is 5.32 Å². The lowest BCUT2D eigenvalue weighted by atomic mass is 10.1. The van der Waals surface area contributed by atoms with Crippen LogP contribution in [0.5, 0.6) is 0 Å². The van der Waals surface area contributed by atoms with Gasteiger partial charge in [-0.15, -0.1) is 0 Å². The van der Waals surface area contributed by atoms with Crippen molar-refractivity contribution < 1.29 is 0 Å². The van der Waals surface area contributed by atoms with Crippen LogP contribution >= 0.6 is 23.2 Å². The summed E-state index contributed by atoms with van der Waals surface area (Å²) in [6.07, 6.45) is 2.28. The zero-order chi connectivity index (χ0) is 14.7. The first-order chi connectivity index (χ1) is 9.54. The molecule has 0 aliphatic heterocycles. The molecular weight excluding hydrogens is 293 g/mol. The zero-order valence-electron chi connectivity index (χ0n) is 12.0. The summed E-state index contributed by atoms with van der Waals surface area (Å²) < 4.78 is 1.87. The van der Waals surface area contributed by atoms with E-state index in [2.05, 4.69) is 17.3 Å². The molecule has 1 N–H and O–H groups in total. The highest BCUT2D eigenvalue weighted by molar-refractivity contribution is 6.36. The minimum Gasteiger partial charge on any atom is -0.370 e. The van der Waals surface area contributed by atoms with Gasteiger partial charge in [-0.25, -0.2) is 0 Å². The Balaban J connectivity index is 2.44. The standard InChI is InChI=1S/C15H19Cl2N3/c1-4-5-8-18-15-14(10(2)19-20(15)3)12-7-6-11(16)9-13(12)17/h6-7,9,18H,4-5,8H2,1-3H3. The highest BCUT2D eigenvalue weighted by Crippen LogP contribution is 2.36. The summed E-state index contributed by atoms with van der Waals surface area (Å²) in [6.45, 7) is 5.09. The number of benzene rings is 1. The van der Waals surface area contributed by atoms with E-state index in [1.165, 1.54) is 0 Å². The Morgan fingerprint density at radius 1 is 1.30 bits per heavy atom. The third-order valence-electron chi connectivity index (χ3n) is 3.25. The van der Waals surface area contributed by atoms with E-state index in [0.717, 1.165) is 42.0 Å². The first-order valence-corrected chi connectivity index (χ1v) is 7.53. The molecule has 0 unspecified atom stereocenters. The Labute approximate surface area is 129 Å². The average Bonchev–Trinajstić information content (AvgIpc) is 2.65. The first kappa shape index (κ1) is 15.2. The smallest absolute Gasteiger partial charge is 0.132 e. The molecule has 2 aromatic rings. The number of hydrogen-bond acceptors (Lipinski definition) is 2. The molecule has 20 heavy (non-hydrogen) atoms. The van der Waals surface area contributed by atoms with Crippen molar-refractivity contribution >= 4 is 29.0 Å². The number of aromatic nitrogens is 2. The van der Waals surface area contributed by atoms with Gasteiger partial charge in [-0.1, -0.05) is 42.6 Å². The summed E-state index contributed by atoms with van der Waals surface area (Å²) in [5.41, 5.74) is 2.96. The topological polar surface area (TPSA) is 29.9 Å². The van der Waals surface area contributed by atoms with Crippen molar-refractivity contribution in [3.8, 4) is 11.1 Å². The number of anilines is 1. The summed E-state index contributed by atoms with van der Waals surface area (Å²) in [6, 6.07) is 5.56. The number of aryl methyl sites for hydroxylation is 2. The summed E-state index contributed by atoms with van der Waals surface area (Å²) in [5, 5.41) is 9.23. The molecule has 0 fully saturated rings. The quantitative estimate of drug-likeness (QED) is 0.795. The number of hydrogen-bond donors (Lipinski definition) is 1. The molecule has 0 atom stereocenters. The Bertz CT molecular complexity index is 605. The molecule has 0 aliphatic rings. The van der Waals surface area contributed by atoms with Crippen LogP contribution in [0.2, 0.25) is 10.0 Å². The van der Waals surface area contributed by atoms with Crippen LogP contribution in [-0.4, -0.2) is 16.3 Å². The highest BCUT2D eigenvalue weighted by atomic mass is 35.5. The van der Waals surface area contributed by atoms with Crippen molar-refractivity contribution in [3.63, 3.8) is 0 Å². The lowest BCUT2D eigenvalue weighted by molar-refractivity contribution is 0.748. The molecule has 1 heterocycles. The second-order valence-corrected chi connectivity index (χ2v) is 5.68. The van der Waals surface area contributed by atoms with Gasteiger partial charge in [-0.2, -0.15) is 5.10 Å². The van der Waals surface area contributed by atoms with Gasteiger partial charge < -0.3 is 5.32 Å². The van der Waals surface area contributed by atoms with E-state index in [-0.39, 0.29) is 0 Å². The summed E-state index contributed by atoms with van der Waals surface area (Å²) >= 11 is 12.3. The Morgan fingerprint density at radius 3 is 2.70 bits per heavy atom. The summed E-state index contributed by atoms with van der Waals surface area (Å²) in [7, 11) is 1.94. The summed E-state index contributed by atoms with van der Waals surface area (Å²) in [4.78, 5) is 0. The monoisotopic (exact) mass is 311 g/mol. The molecule has 1 aromatic carbocycles. The fraction of sp³-hybridized carbons (Fsp3) is 0.400. The van der Waals surface area contributed by atoms with Crippen LogP contribution in [0.1, 0.15) is 25.5 Å². The molecule has 0 aliphatic carbocycles.